The van der Waals surface area contributed by atoms with Crippen molar-refractivity contribution in [3.05, 3.63) is 51.1 Å². The summed E-state index contributed by atoms with van der Waals surface area (Å²) in [5, 5.41) is 10.2. The third kappa shape index (κ3) is 2.02. The highest BCUT2D eigenvalue weighted by Crippen LogP contribution is 2.28. The van der Waals surface area contributed by atoms with Crippen molar-refractivity contribution in [2.24, 2.45) is 0 Å². The minimum absolute atomic E-state index is 0.0263. The second kappa shape index (κ2) is 4.79. The van der Waals surface area contributed by atoms with Crippen molar-refractivity contribution in [3.63, 3.8) is 0 Å². The molecule has 2 N–H and O–H groups in total. The Balaban J connectivity index is 2.55. The Morgan fingerprint density at radius 2 is 2.00 bits per heavy atom. The van der Waals surface area contributed by atoms with E-state index in [0.717, 1.165) is 0 Å². The summed E-state index contributed by atoms with van der Waals surface area (Å²) in [6, 6.07) is 7.69. The maximum absolute atomic E-state index is 12.6. The van der Waals surface area contributed by atoms with E-state index < -0.39 is 5.97 Å². The average Bonchev–Trinajstić information content (AvgIpc) is 2.47. The molecule has 0 aliphatic carbocycles. The highest BCUT2D eigenvalue weighted by Gasteiger charge is 2.15. The summed E-state index contributed by atoms with van der Waals surface area (Å²) in [5.74, 6) is -0.646. The monoisotopic (exact) mass is 303 g/mol. The van der Waals surface area contributed by atoms with Crippen LogP contribution >= 0.6 is 11.6 Å². The molecule has 0 unspecified atom stereocenters. The zero-order valence-corrected chi connectivity index (χ0v) is 11.7. The van der Waals surface area contributed by atoms with Gasteiger partial charge in [0.25, 0.3) is 0 Å². The predicted molar refractivity (Wildman–Crippen MR) is 80.6 cm³/mol. The molecular formula is C15H10ClNO4. The van der Waals surface area contributed by atoms with E-state index >= 15 is 0 Å². The average molecular weight is 304 g/mol. The number of H-pyrrole nitrogens is 1. The Hall–Kier alpha value is -2.53. The van der Waals surface area contributed by atoms with E-state index in [1.807, 2.05) is 0 Å². The molecule has 1 heterocycles. The van der Waals surface area contributed by atoms with E-state index in [4.69, 9.17) is 16.3 Å². The van der Waals surface area contributed by atoms with Crippen molar-refractivity contribution in [3.8, 4) is 5.75 Å². The van der Waals surface area contributed by atoms with Crippen molar-refractivity contribution < 1.29 is 14.6 Å². The standard InChI is InChI=1S/C15H10ClNO4/c1-21-7-5-10-13(11(16)6-7)17-12-8(14(10)18)3-2-4-9(12)15(19)20/h2-6H,1H3,(H,17,18)(H,19,20). The number of aromatic amines is 1. The molecule has 106 valence electrons. The van der Waals surface area contributed by atoms with Gasteiger partial charge in [0.05, 0.1) is 34.1 Å². The molecule has 0 spiro atoms. The Morgan fingerprint density at radius 1 is 1.24 bits per heavy atom. The Labute approximate surface area is 123 Å². The topological polar surface area (TPSA) is 79.4 Å². The van der Waals surface area contributed by atoms with Crippen LogP contribution < -0.4 is 10.2 Å². The second-order valence-corrected chi connectivity index (χ2v) is 4.93. The summed E-state index contributed by atoms with van der Waals surface area (Å²) in [6.07, 6.45) is 0. The normalized spacial score (nSPS) is 11.0. The fraction of sp³-hybridized carbons (Fsp3) is 0.0667. The Kier molecular flexibility index (Phi) is 3.07. The highest BCUT2D eigenvalue weighted by molar-refractivity contribution is 6.35. The number of rotatable bonds is 2. The number of benzene rings is 2. The first-order valence-electron chi connectivity index (χ1n) is 6.08. The molecular weight excluding hydrogens is 294 g/mol. The number of hydrogen-bond donors (Lipinski definition) is 2. The van der Waals surface area contributed by atoms with E-state index in [1.165, 1.54) is 19.2 Å². The van der Waals surface area contributed by atoms with Gasteiger partial charge in [-0.15, -0.1) is 0 Å². The van der Waals surface area contributed by atoms with E-state index in [0.29, 0.717) is 27.1 Å². The van der Waals surface area contributed by atoms with Crippen LogP contribution in [-0.4, -0.2) is 23.2 Å². The molecule has 0 saturated carbocycles. The van der Waals surface area contributed by atoms with Crippen LogP contribution in [0.25, 0.3) is 21.8 Å². The van der Waals surface area contributed by atoms with Gasteiger partial charge in [0.1, 0.15) is 5.75 Å². The molecule has 3 aromatic rings. The number of nitrogens with one attached hydrogen (secondary N) is 1. The summed E-state index contributed by atoms with van der Waals surface area (Å²) in [7, 11) is 1.48. The van der Waals surface area contributed by atoms with Crippen LogP contribution in [0.4, 0.5) is 0 Å². The molecule has 0 saturated heterocycles. The van der Waals surface area contributed by atoms with Gasteiger partial charge < -0.3 is 14.8 Å². The number of pyridine rings is 1. The van der Waals surface area contributed by atoms with Gasteiger partial charge in [-0.05, 0) is 18.2 Å². The van der Waals surface area contributed by atoms with Crippen molar-refractivity contribution in [1.82, 2.24) is 4.98 Å². The van der Waals surface area contributed by atoms with Crippen molar-refractivity contribution in [2.45, 2.75) is 0 Å². The molecule has 0 atom stereocenters. The van der Waals surface area contributed by atoms with Crippen LogP contribution in [0.3, 0.4) is 0 Å². The molecule has 0 aliphatic rings. The van der Waals surface area contributed by atoms with Crippen molar-refractivity contribution in [2.75, 3.05) is 7.11 Å². The van der Waals surface area contributed by atoms with Crippen LogP contribution in [0.2, 0.25) is 5.02 Å². The number of halogens is 1. The summed E-state index contributed by atoms with van der Waals surface area (Å²) in [5.41, 5.74) is 0.388. The zero-order valence-electron chi connectivity index (χ0n) is 10.9. The van der Waals surface area contributed by atoms with E-state index in [-0.39, 0.29) is 16.5 Å². The van der Waals surface area contributed by atoms with Crippen LogP contribution in [-0.2, 0) is 0 Å². The maximum Gasteiger partial charge on any atom is 0.337 e. The van der Waals surface area contributed by atoms with Crippen molar-refractivity contribution >= 4 is 39.4 Å². The molecule has 0 amide bonds. The summed E-state index contributed by atoms with van der Waals surface area (Å²) < 4.78 is 5.10. The first kappa shape index (κ1) is 13.5. The van der Waals surface area contributed by atoms with Crippen LogP contribution in [0.5, 0.6) is 5.75 Å². The van der Waals surface area contributed by atoms with Crippen molar-refractivity contribution in [1.29, 1.82) is 0 Å². The molecule has 0 bridgehead atoms. The van der Waals surface area contributed by atoms with Gasteiger partial charge in [0, 0.05) is 11.5 Å². The van der Waals surface area contributed by atoms with E-state index in [1.54, 1.807) is 18.2 Å². The number of methoxy groups -OCH3 is 1. The lowest BCUT2D eigenvalue weighted by Gasteiger charge is -2.08. The fourth-order valence-electron chi connectivity index (χ4n) is 2.33. The molecule has 21 heavy (non-hydrogen) atoms. The molecule has 5 nitrogen and oxygen atoms in total. The Morgan fingerprint density at radius 3 is 2.67 bits per heavy atom. The third-order valence-electron chi connectivity index (χ3n) is 3.33. The number of ether oxygens (including phenoxy) is 1. The Bertz CT molecular complexity index is 946. The number of aromatic nitrogens is 1. The van der Waals surface area contributed by atoms with Crippen LogP contribution in [0.1, 0.15) is 10.4 Å². The maximum atomic E-state index is 12.6. The largest absolute Gasteiger partial charge is 0.497 e. The number of carboxylic acid groups (broad SMARTS) is 1. The second-order valence-electron chi connectivity index (χ2n) is 4.52. The summed E-state index contributed by atoms with van der Waals surface area (Å²) >= 11 is 6.15. The van der Waals surface area contributed by atoms with Crippen LogP contribution in [0.15, 0.2) is 35.1 Å². The number of fused-ring (bicyclic) bond motifs is 2. The van der Waals surface area contributed by atoms with E-state index in [2.05, 4.69) is 4.98 Å². The predicted octanol–water partition coefficient (Wildman–Crippen LogP) is 3.04. The van der Waals surface area contributed by atoms with Gasteiger partial charge in [-0.3, -0.25) is 4.79 Å². The van der Waals surface area contributed by atoms with Gasteiger partial charge in [-0.1, -0.05) is 17.7 Å². The first-order chi connectivity index (χ1) is 10.0. The van der Waals surface area contributed by atoms with Gasteiger partial charge in [-0.25, -0.2) is 4.79 Å². The third-order valence-corrected chi connectivity index (χ3v) is 3.63. The summed E-state index contributed by atoms with van der Waals surface area (Å²) in [6.45, 7) is 0. The van der Waals surface area contributed by atoms with E-state index in [9.17, 15) is 14.7 Å². The molecule has 0 aliphatic heterocycles. The molecule has 0 fully saturated rings. The number of aromatic carboxylic acids is 1. The number of para-hydroxylation sites is 1. The van der Waals surface area contributed by atoms with Gasteiger partial charge in [-0.2, -0.15) is 0 Å². The molecule has 2 aromatic carbocycles. The minimum Gasteiger partial charge on any atom is -0.497 e. The lowest BCUT2D eigenvalue weighted by Crippen LogP contribution is -2.08. The molecule has 1 aromatic heterocycles. The summed E-state index contributed by atoms with van der Waals surface area (Å²) in [4.78, 5) is 26.8. The SMILES string of the molecule is COc1cc(Cl)c2[nH]c3c(C(=O)O)cccc3c(=O)c2c1. The highest BCUT2D eigenvalue weighted by atomic mass is 35.5. The van der Waals surface area contributed by atoms with Crippen LogP contribution in [0, 0.1) is 0 Å². The minimum atomic E-state index is -1.11. The number of carboxylic acids is 1. The van der Waals surface area contributed by atoms with Gasteiger partial charge >= 0.3 is 5.97 Å². The lowest BCUT2D eigenvalue weighted by atomic mass is 10.1. The smallest absolute Gasteiger partial charge is 0.337 e. The lowest BCUT2D eigenvalue weighted by molar-refractivity contribution is 0.0699. The van der Waals surface area contributed by atoms with Gasteiger partial charge in [0.2, 0.25) is 0 Å². The first-order valence-corrected chi connectivity index (χ1v) is 6.46. The molecule has 3 rings (SSSR count). The molecule has 6 heteroatoms. The van der Waals surface area contributed by atoms with Gasteiger partial charge in [0.15, 0.2) is 5.43 Å². The molecule has 0 radical (unpaired) electrons. The number of hydrogen-bond acceptors (Lipinski definition) is 3. The number of carbonyl (C=O) groups is 1. The fourth-order valence-corrected chi connectivity index (χ4v) is 2.59. The zero-order chi connectivity index (χ0) is 15.1. The quantitative estimate of drug-likeness (QED) is 0.713.